The number of rotatable bonds is 4. The smallest absolute Gasteiger partial charge is 0.403 e. The number of amides is 1. The molecular weight excluding hydrogens is 358 g/mol. The van der Waals surface area contributed by atoms with Crippen LogP contribution < -0.4 is 9.46 Å². The SMILES string of the molecule is Cc1[nH]ncc1S(=O)(=O)NC(=O)c1ccc(F)c(OC(F)(F)F)c1. The molecule has 7 nitrogen and oxygen atoms in total. The van der Waals surface area contributed by atoms with Gasteiger partial charge in [0.2, 0.25) is 0 Å². The Morgan fingerprint density at radius 3 is 2.54 bits per heavy atom. The van der Waals surface area contributed by atoms with Gasteiger partial charge in [-0.25, -0.2) is 17.5 Å². The highest BCUT2D eigenvalue weighted by Crippen LogP contribution is 2.26. The molecule has 12 heteroatoms. The van der Waals surface area contributed by atoms with Gasteiger partial charge < -0.3 is 4.74 Å². The number of ether oxygens (including phenoxy) is 1. The topological polar surface area (TPSA) is 101 Å². The molecule has 0 saturated carbocycles. The summed E-state index contributed by atoms with van der Waals surface area (Å²) in [5.74, 6) is -3.88. The highest BCUT2D eigenvalue weighted by molar-refractivity contribution is 7.90. The van der Waals surface area contributed by atoms with Gasteiger partial charge in [-0.15, -0.1) is 13.2 Å². The third-order valence-electron chi connectivity index (χ3n) is 2.72. The summed E-state index contributed by atoms with van der Waals surface area (Å²) in [6.45, 7) is 1.39. The largest absolute Gasteiger partial charge is 0.573 e. The van der Waals surface area contributed by atoms with Crippen LogP contribution in [0.25, 0.3) is 0 Å². The average Bonchev–Trinajstić information content (AvgIpc) is 2.86. The van der Waals surface area contributed by atoms with Crippen LogP contribution in [0, 0.1) is 12.7 Å². The normalized spacial score (nSPS) is 12.0. The number of carbonyl (C=O) groups excluding carboxylic acids is 1. The summed E-state index contributed by atoms with van der Waals surface area (Å²) in [5, 5.41) is 5.84. The van der Waals surface area contributed by atoms with E-state index in [1.165, 1.54) is 6.92 Å². The van der Waals surface area contributed by atoms with Crippen molar-refractivity contribution in [2.24, 2.45) is 0 Å². The monoisotopic (exact) mass is 367 g/mol. The number of aromatic nitrogens is 2. The fraction of sp³-hybridized carbons (Fsp3) is 0.167. The van der Waals surface area contributed by atoms with Crippen molar-refractivity contribution in [2.45, 2.75) is 18.2 Å². The highest BCUT2D eigenvalue weighted by Gasteiger charge is 2.33. The van der Waals surface area contributed by atoms with Crippen molar-refractivity contribution >= 4 is 15.9 Å². The second-order valence-corrected chi connectivity index (χ2v) is 6.14. The summed E-state index contributed by atoms with van der Waals surface area (Å²) in [7, 11) is -4.30. The Kier molecular flexibility index (Phi) is 4.51. The van der Waals surface area contributed by atoms with Crippen molar-refractivity contribution < 1.29 is 35.5 Å². The van der Waals surface area contributed by atoms with Crippen molar-refractivity contribution in [3.8, 4) is 5.75 Å². The zero-order valence-corrected chi connectivity index (χ0v) is 12.6. The van der Waals surface area contributed by atoms with Crippen LogP contribution in [-0.4, -0.2) is 30.9 Å². The summed E-state index contributed by atoms with van der Waals surface area (Å²) in [6.07, 6.45) is -4.22. The maximum Gasteiger partial charge on any atom is 0.573 e. The number of H-pyrrole nitrogens is 1. The molecule has 0 aliphatic heterocycles. The fourth-order valence-electron chi connectivity index (χ4n) is 1.69. The van der Waals surface area contributed by atoms with Crippen molar-refractivity contribution in [3.63, 3.8) is 0 Å². The van der Waals surface area contributed by atoms with E-state index in [2.05, 4.69) is 14.9 Å². The number of nitrogens with zero attached hydrogens (tertiary/aromatic N) is 1. The van der Waals surface area contributed by atoms with Crippen molar-refractivity contribution in [1.29, 1.82) is 0 Å². The number of halogens is 4. The van der Waals surface area contributed by atoms with Gasteiger partial charge in [0.1, 0.15) is 4.90 Å². The van der Waals surface area contributed by atoms with E-state index >= 15 is 0 Å². The molecule has 2 aromatic rings. The van der Waals surface area contributed by atoms with Gasteiger partial charge >= 0.3 is 6.36 Å². The average molecular weight is 367 g/mol. The number of hydrogen-bond donors (Lipinski definition) is 2. The molecule has 2 N–H and O–H groups in total. The molecule has 0 aliphatic carbocycles. The van der Waals surface area contributed by atoms with E-state index in [0.29, 0.717) is 12.1 Å². The standard InChI is InChI=1S/C12H9F4N3O4S/c1-6-10(5-17-18-6)24(21,22)19-11(20)7-2-3-8(13)9(4-7)23-12(14,15)16/h2-5H,1H3,(H,17,18)(H,19,20). The Bertz CT molecular complexity index is 877. The number of aromatic amines is 1. The minimum Gasteiger partial charge on any atom is -0.403 e. The lowest BCUT2D eigenvalue weighted by Crippen LogP contribution is -2.31. The van der Waals surface area contributed by atoms with Crippen LogP contribution in [-0.2, 0) is 10.0 Å². The van der Waals surface area contributed by atoms with Gasteiger partial charge in [0.25, 0.3) is 15.9 Å². The van der Waals surface area contributed by atoms with Gasteiger partial charge in [-0.3, -0.25) is 9.89 Å². The van der Waals surface area contributed by atoms with E-state index in [1.807, 2.05) is 0 Å². The molecule has 0 fully saturated rings. The number of sulfonamides is 1. The Labute approximate surface area is 132 Å². The number of benzene rings is 1. The molecule has 1 amide bonds. The molecule has 0 bridgehead atoms. The van der Waals surface area contributed by atoms with Crippen LogP contribution in [0.3, 0.4) is 0 Å². The van der Waals surface area contributed by atoms with Crippen LogP contribution in [0.5, 0.6) is 5.75 Å². The van der Waals surface area contributed by atoms with Crippen molar-refractivity contribution in [1.82, 2.24) is 14.9 Å². The third kappa shape index (κ3) is 4.01. The molecule has 0 aliphatic rings. The van der Waals surface area contributed by atoms with Crippen LogP contribution in [0.2, 0.25) is 0 Å². The summed E-state index contributed by atoms with van der Waals surface area (Å²) in [5.41, 5.74) is -0.393. The molecule has 1 aromatic carbocycles. The lowest BCUT2D eigenvalue weighted by molar-refractivity contribution is -0.275. The number of hydrogen-bond acceptors (Lipinski definition) is 5. The van der Waals surface area contributed by atoms with E-state index in [1.54, 1.807) is 4.72 Å². The first-order chi connectivity index (χ1) is 11.0. The van der Waals surface area contributed by atoms with E-state index in [9.17, 15) is 30.8 Å². The first-order valence-electron chi connectivity index (χ1n) is 6.12. The summed E-state index contributed by atoms with van der Waals surface area (Å²) in [6, 6.07) is 1.80. The van der Waals surface area contributed by atoms with E-state index in [-0.39, 0.29) is 10.6 Å². The van der Waals surface area contributed by atoms with E-state index in [4.69, 9.17) is 0 Å². The van der Waals surface area contributed by atoms with Crippen molar-refractivity contribution in [3.05, 3.63) is 41.5 Å². The third-order valence-corrected chi connectivity index (χ3v) is 4.16. The van der Waals surface area contributed by atoms with Crippen molar-refractivity contribution in [2.75, 3.05) is 0 Å². The molecule has 1 aromatic heterocycles. The van der Waals surface area contributed by atoms with Gasteiger partial charge in [-0.2, -0.15) is 5.10 Å². The molecule has 1 heterocycles. The highest BCUT2D eigenvalue weighted by atomic mass is 32.2. The number of nitrogens with one attached hydrogen (secondary N) is 2. The van der Waals surface area contributed by atoms with Gasteiger partial charge in [0, 0.05) is 5.56 Å². The first kappa shape index (κ1) is 17.7. The van der Waals surface area contributed by atoms with Crippen LogP contribution >= 0.6 is 0 Å². The van der Waals surface area contributed by atoms with Gasteiger partial charge in [0.05, 0.1) is 11.9 Å². The van der Waals surface area contributed by atoms with Gasteiger partial charge in [-0.05, 0) is 25.1 Å². The number of aryl methyl sites for hydroxylation is 1. The predicted molar refractivity (Wildman–Crippen MR) is 71.1 cm³/mol. The van der Waals surface area contributed by atoms with Gasteiger partial charge in [-0.1, -0.05) is 0 Å². The van der Waals surface area contributed by atoms with Gasteiger partial charge in [0.15, 0.2) is 11.6 Å². The van der Waals surface area contributed by atoms with E-state index in [0.717, 1.165) is 12.3 Å². The number of carbonyl (C=O) groups is 1. The molecule has 0 saturated heterocycles. The van der Waals surface area contributed by atoms with Crippen LogP contribution in [0.15, 0.2) is 29.3 Å². The Morgan fingerprint density at radius 1 is 1.33 bits per heavy atom. The molecule has 2 rings (SSSR count). The Balaban J connectivity index is 2.28. The molecule has 0 unspecified atom stereocenters. The minimum atomic E-state index is -5.17. The van der Waals surface area contributed by atoms with E-state index < -0.39 is 39.4 Å². The lowest BCUT2D eigenvalue weighted by atomic mass is 10.2. The van der Waals surface area contributed by atoms with Crippen LogP contribution in [0.1, 0.15) is 16.1 Å². The predicted octanol–water partition coefficient (Wildman–Crippen LogP) is 1.87. The fourth-order valence-corrected chi connectivity index (χ4v) is 2.81. The summed E-state index contributed by atoms with van der Waals surface area (Å²) < 4.78 is 78.8. The number of alkyl halides is 3. The maximum absolute atomic E-state index is 13.3. The quantitative estimate of drug-likeness (QED) is 0.804. The maximum atomic E-state index is 13.3. The molecule has 0 atom stereocenters. The second-order valence-electron chi connectivity index (χ2n) is 4.49. The van der Waals surface area contributed by atoms with Crippen LogP contribution in [0.4, 0.5) is 17.6 Å². The molecular formula is C12H9F4N3O4S. The first-order valence-corrected chi connectivity index (χ1v) is 7.60. The zero-order valence-electron chi connectivity index (χ0n) is 11.8. The zero-order chi connectivity index (χ0) is 18.1. The molecule has 0 radical (unpaired) electrons. The molecule has 130 valence electrons. The summed E-state index contributed by atoms with van der Waals surface area (Å²) in [4.78, 5) is 11.6. The Hall–Kier alpha value is -2.63. The second kappa shape index (κ2) is 6.11. The minimum absolute atomic E-state index is 0.149. The lowest BCUT2D eigenvalue weighted by Gasteiger charge is -2.11. The molecule has 24 heavy (non-hydrogen) atoms. The Morgan fingerprint density at radius 2 is 2.00 bits per heavy atom. The summed E-state index contributed by atoms with van der Waals surface area (Å²) >= 11 is 0. The molecule has 0 spiro atoms.